The van der Waals surface area contributed by atoms with E-state index in [0.717, 1.165) is 36.9 Å². The molecule has 1 heterocycles. The van der Waals surface area contributed by atoms with Crippen LogP contribution in [0.5, 0.6) is 11.5 Å². The molecule has 0 saturated carbocycles. The molecule has 1 atom stereocenters. The van der Waals surface area contributed by atoms with Crippen molar-refractivity contribution in [2.45, 2.75) is 65.0 Å². The van der Waals surface area contributed by atoms with Gasteiger partial charge in [-0.2, -0.15) is 0 Å². The molecule has 1 aromatic rings. The van der Waals surface area contributed by atoms with Gasteiger partial charge in [0.25, 0.3) is 5.09 Å². The van der Waals surface area contributed by atoms with Gasteiger partial charge in [0.1, 0.15) is 11.5 Å². The fourth-order valence-electron chi connectivity index (χ4n) is 3.68. The van der Waals surface area contributed by atoms with Crippen molar-refractivity contribution in [1.29, 1.82) is 0 Å². The Labute approximate surface area is 160 Å². The number of phenols is 2. The van der Waals surface area contributed by atoms with Crippen molar-refractivity contribution < 1.29 is 20.1 Å². The lowest BCUT2D eigenvalue weighted by molar-refractivity contribution is -0.757. The second kappa shape index (κ2) is 9.60. The average Bonchev–Trinajstić information content (AvgIpc) is 2.56. The first kappa shape index (κ1) is 21.0. The maximum Gasteiger partial charge on any atom is 0.294 e. The van der Waals surface area contributed by atoms with Crippen molar-refractivity contribution in [3.05, 3.63) is 45.0 Å². The quantitative estimate of drug-likeness (QED) is 0.290. The van der Waals surface area contributed by atoms with E-state index in [1.807, 2.05) is 0 Å². The van der Waals surface area contributed by atoms with E-state index >= 15 is 0 Å². The zero-order valence-electron chi connectivity index (χ0n) is 16.4. The van der Waals surface area contributed by atoms with Crippen LogP contribution in [0.2, 0.25) is 0 Å². The van der Waals surface area contributed by atoms with Crippen LogP contribution in [0.15, 0.2) is 23.8 Å². The summed E-state index contributed by atoms with van der Waals surface area (Å²) in [5.74, 6) is 0.166. The number of aryl methyl sites for hydroxylation is 1. The minimum absolute atomic E-state index is 0.0211. The van der Waals surface area contributed by atoms with Gasteiger partial charge < -0.3 is 15.1 Å². The lowest BCUT2D eigenvalue weighted by Gasteiger charge is -2.38. The molecular formula is C20H30N2O5. The number of rotatable bonds is 9. The SMILES string of the molecule is CC1=CC(c2c(O)cc(O)cc2CCCCCO[N+](=O)[O-])N(C(C)C)CC1. The van der Waals surface area contributed by atoms with Crippen LogP contribution in [0, 0.1) is 10.1 Å². The fourth-order valence-corrected chi connectivity index (χ4v) is 3.68. The summed E-state index contributed by atoms with van der Waals surface area (Å²) in [6.45, 7) is 7.43. The summed E-state index contributed by atoms with van der Waals surface area (Å²) in [7, 11) is 0. The molecule has 7 nitrogen and oxygen atoms in total. The molecule has 1 aromatic carbocycles. The molecule has 0 bridgehead atoms. The lowest BCUT2D eigenvalue weighted by Crippen LogP contribution is -2.37. The number of hydrogen-bond donors (Lipinski definition) is 2. The van der Waals surface area contributed by atoms with Gasteiger partial charge >= 0.3 is 0 Å². The molecule has 0 aliphatic carbocycles. The van der Waals surface area contributed by atoms with Gasteiger partial charge in [-0.3, -0.25) is 4.90 Å². The largest absolute Gasteiger partial charge is 0.508 e. The Morgan fingerprint density at radius 3 is 2.70 bits per heavy atom. The smallest absolute Gasteiger partial charge is 0.294 e. The van der Waals surface area contributed by atoms with Crippen LogP contribution in [0.3, 0.4) is 0 Å². The third kappa shape index (κ3) is 5.85. The number of benzene rings is 1. The van der Waals surface area contributed by atoms with Gasteiger partial charge in [-0.05, 0) is 58.1 Å². The van der Waals surface area contributed by atoms with Gasteiger partial charge in [0.05, 0.1) is 12.6 Å². The van der Waals surface area contributed by atoms with Crippen LogP contribution in [0.25, 0.3) is 0 Å². The molecule has 0 spiro atoms. The van der Waals surface area contributed by atoms with Crippen molar-refractivity contribution in [3.8, 4) is 11.5 Å². The second-order valence-corrected chi connectivity index (χ2v) is 7.44. The first-order valence-corrected chi connectivity index (χ1v) is 9.54. The number of hydrogen-bond acceptors (Lipinski definition) is 6. The Bertz CT molecular complexity index is 687. The predicted molar refractivity (Wildman–Crippen MR) is 103 cm³/mol. The summed E-state index contributed by atoms with van der Waals surface area (Å²) >= 11 is 0. The highest BCUT2D eigenvalue weighted by atomic mass is 16.9. The van der Waals surface area contributed by atoms with Crippen molar-refractivity contribution in [2.75, 3.05) is 13.2 Å². The Morgan fingerprint density at radius 1 is 1.30 bits per heavy atom. The van der Waals surface area contributed by atoms with E-state index in [2.05, 4.69) is 36.6 Å². The zero-order valence-corrected chi connectivity index (χ0v) is 16.4. The van der Waals surface area contributed by atoms with Gasteiger partial charge in [-0.25, -0.2) is 0 Å². The first-order chi connectivity index (χ1) is 12.8. The van der Waals surface area contributed by atoms with Crippen LogP contribution < -0.4 is 0 Å². The third-order valence-corrected chi connectivity index (χ3v) is 5.04. The summed E-state index contributed by atoms with van der Waals surface area (Å²) in [4.78, 5) is 16.9. The van der Waals surface area contributed by atoms with E-state index in [-0.39, 0.29) is 24.1 Å². The molecule has 27 heavy (non-hydrogen) atoms. The van der Waals surface area contributed by atoms with Gasteiger partial charge in [-0.1, -0.05) is 18.1 Å². The fraction of sp³-hybridized carbons (Fsp3) is 0.600. The summed E-state index contributed by atoms with van der Waals surface area (Å²) in [6.07, 6.45) is 6.07. The molecule has 1 unspecified atom stereocenters. The lowest BCUT2D eigenvalue weighted by atomic mass is 9.89. The molecule has 0 fully saturated rings. The van der Waals surface area contributed by atoms with Crippen molar-refractivity contribution >= 4 is 0 Å². The monoisotopic (exact) mass is 378 g/mol. The summed E-state index contributed by atoms with van der Waals surface area (Å²) < 4.78 is 0. The Balaban J connectivity index is 2.18. The Kier molecular flexibility index (Phi) is 7.47. The average molecular weight is 378 g/mol. The van der Waals surface area contributed by atoms with E-state index in [1.54, 1.807) is 6.07 Å². The van der Waals surface area contributed by atoms with Gasteiger partial charge in [0.15, 0.2) is 0 Å². The van der Waals surface area contributed by atoms with Crippen molar-refractivity contribution in [1.82, 2.24) is 4.90 Å². The summed E-state index contributed by atoms with van der Waals surface area (Å²) in [5, 5.41) is 30.0. The topological polar surface area (TPSA) is 96.1 Å². The van der Waals surface area contributed by atoms with Gasteiger partial charge in [0, 0.05) is 24.2 Å². The maximum absolute atomic E-state index is 10.6. The zero-order chi connectivity index (χ0) is 20.0. The molecule has 1 aliphatic heterocycles. The number of nitrogens with zero attached hydrogens (tertiary/aromatic N) is 2. The van der Waals surface area contributed by atoms with E-state index in [9.17, 15) is 20.3 Å². The standard InChI is InChI=1S/C20H30N2O5/c1-14(2)21-9-8-15(3)11-18(21)20-16(12-17(23)13-19(20)24)7-5-4-6-10-27-22(25)26/h11-14,18,23-24H,4-10H2,1-3H3. The normalized spacial score (nSPS) is 17.8. The molecule has 0 amide bonds. The Hall–Kier alpha value is -2.28. The predicted octanol–water partition coefficient (Wildman–Crippen LogP) is 4.12. The van der Waals surface area contributed by atoms with Crippen LogP contribution in [0.1, 0.15) is 63.6 Å². The number of aromatic hydroxyl groups is 2. The molecule has 1 aliphatic rings. The van der Waals surface area contributed by atoms with E-state index in [1.165, 1.54) is 11.6 Å². The summed E-state index contributed by atoms with van der Waals surface area (Å²) in [5.41, 5.74) is 3.07. The van der Waals surface area contributed by atoms with E-state index in [0.29, 0.717) is 18.9 Å². The summed E-state index contributed by atoms with van der Waals surface area (Å²) in [6, 6.07) is 3.44. The molecule has 0 saturated heterocycles. The molecule has 150 valence electrons. The number of unbranched alkanes of at least 4 members (excludes halogenated alkanes) is 2. The minimum Gasteiger partial charge on any atom is -0.508 e. The highest BCUT2D eigenvalue weighted by molar-refractivity contribution is 5.49. The molecule has 7 heteroatoms. The highest BCUT2D eigenvalue weighted by Crippen LogP contribution is 2.40. The molecule has 2 rings (SSSR count). The first-order valence-electron chi connectivity index (χ1n) is 9.54. The molecule has 0 aromatic heterocycles. The van der Waals surface area contributed by atoms with E-state index < -0.39 is 5.09 Å². The third-order valence-electron chi connectivity index (χ3n) is 5.04. The number of phenolic OH excluding ortho intramolecular Hbond substituents is 2. The van der Waals surface area contributed by atoms with Gasteiger partial charge in [-0.15, -0.1) is 10.1 Å². The molecular weight excluding hydrogens is 348 g/mol. The molecule has 2 N–H and O–H groups in total. The van der Waals surface area contributed by atoms with E-state index in [4.69, 9.17) is 0 Å². The second-order valence-electron chi connectivity index (χ2n) is 7.44. The van der Waals surface area contributed by atoms with Crippen LogP contribution in [-0.4, -0.2) is 39.4 Å². The molecule has 0 radical (unpaired) electrons. The van der Waals surface area contributed by atoms with Crippen LogP contribution in [0.4, 0.5) is 0 Å². The van der Waals surface area contributed by atoms with Crippen molar-refractivity contribution in [3.63, 3.8) is 0 Å². The van der Waals surface area contributed by atoms with Crippen LogP contribution >= 0.6 is 0 Å². The van der Waals surface area contributed by atoms with Gasteiger partial charge in [0.2, 0.25) is 0 Å². The Morgan fingerprint density at radius 2 is 2.04 bits per heavy atom. The highest BCUT2D eigenvalue weighted by Gasteiger charge is 2.28. The van der Waals surface area contributed by atoms with Crippen molar-refractivity contribution in [2.24, 2.45) is 0 Å². The minimum atomic E-state index is -0.774. The maximum atomic E-state index is 10.6. The van der Waals surface area contributed by atoms with Crippen LogP contribution in [-0.2, 0) is 11.3 Å².